The number of aliphatic hydroxyl groups is 1. The van der Waals surface area contributed by atoms with Gasteiger partial charge in [0.2, 0.25) is 5.91 Å². The van der Waals surface area contributed by atoms with Gasteiger partial charge >= 0.3 is 0 Å². The van der Waals surface area contributed by atoms with Crippen molar-refractivity contribution < 1.29 is 23.8 Å². The van der Waals surface area contributed by atoms with Gasteiger partial charge in [-0.2, -0.15) is 0 Å². The average molecular weight is 474 g/mol. The number of hydrogen-bond donors (Lipinski definition) is 2. The number of rotatable bonds is 5. The topological polar surface area (TPSA) is 91.8 Å². The van der Waals surface area contributed by atoms with Crippen LogP contribution in [0.15, 0.2) is 30.6 Å². The lowest BCUT2D eigenvalue weighted by Gasteiger charge is -2.32. The fraction of sp³-hybridized carbons (Fsp3) is 0.542. The summed E-state index contributed by atoms with van der Waals surface area (Å²) in [6.07, 6.45) is 5.67. The second-order valence-corrected chi connectivity index (χ2v) is 10.5. The normalized spacial score (nSPS) is 28.2. The molecule has 2 amide bonds. The molecule has 0 radical (unpaired) electrons. The highest BCUT2D eigenvalue weighted by atomic mass is 32.1. The summed E-state index contributed by atoms with van der Waals surface area (Å²) in [5.41, 5.74) is 0.606. The molecule has 2 aromatic rings. The van der Waals surface area contributed by atoms with Crippen molar-refractivity contribution in [3.8, 4) is 10.4 Å². The van der Waals surface area contributed by atoms with Gasteiger partial charge in [0.05, 0.1) is 29.8 Å². The quantitative estimate of drug-likeness (QED) is 0.697. The molecular formula is C24H28FN3O4S. The second kappa shape index (κ2) is 9.12. The number of carbonyl (C=O) groups excluding carboxylic acids is 2. The Morgan fingerprint density at radius 1 is 1.30 bits per heavy atom. The molecule has 2 N–H and O–H groups in total. The molecule has 33 heavy (non-hydrogen) atoms. The number of thiophene rings is 1. The molecule has 3 aliphatic rings. The van der Waals surface area contributed by atoms with E-state index in [1.165, 1.54) is 17.4 Å². The number of pyridine rings is 1. The Balaban J connectivity index is 1.35. The highest BCUT2D eigenvalue weighted by Gasteiger charge is 2.52. The molecule has 2 aromatic heterocycles. The van der Waals surface area contributed by atoms with Crippen LogP contribution in [0.2, 0.25) is 0 Å². The fourth-order valence-electron chi connectivity index (χ4n) is 5.51. The largest absolute Gasteiger partial charge is 0.388 e. The summed E-state index contributed by atoms with van der Waals surface area (Å²) in [5.74, 6) is -0.675. The van der Waals surface area contributed by atoms with Gasteiger partial charge in [-0.15, -0.1) is 11.3 Å². The van der Waals surface area contributed by atoms with Crippen molar-refractivity contribution in [3.05, 3.63) is 41.3 Å². The van der Waals surface area contributed by atoms with Crippen molar-refractivity contribution in [2.45, 2.75) is 56.9 Å². The molecule has 2 saturated heterocycles. The molecule has 5 rings (SSSR count). The second-order valence-electron chi connectivity index (χ2n) is 9.38. The monoisotopic (exact) mass is 473 g/mol. The summed E-state index contributed by atoms with van der Waals surface area (Å²) in [5, 5.41) is 13.4. The van der Waals surface area contributed by atoms with E-state index in [-0.39, 0.29) is 42.4 Å². The van der Waals surface area contributed by atoms with E-state index in [4.69, 9.17) is 4.74 Å². The molecule has 5 unspecified atom stereocenters. The van der Waals surface area contributed by atoms with Crippen LogP contribution in [0, 0.1) is 17.7 Å². The number of nitrogens with zero attached hydrogens (tertiary/aromatic N) is 2. The number of ether oxygens (including phenoxy) is 1. The Morgan fingerprint density at radius 3 is 2.85 bits per heavy atom. The molecule has 0 spiro atoms. The third-order valence-electron chi connectivity index (χ3n) is 7.12. The van der Waals surface area contributed by atoms with Gasteiger partial charge in [-0.25, -0.2) is 4.39 Å². The summed E-state index contributed by atoms with van der Waals surface area (Å²) >= 11 is 1.24. The Morgan fingerprint density at radius 2 is 2.09 bits per heavy atom. The van der Waals surface area contributed by atoms with Crippen LogP contribution in [0.25, 0.3) is 10.4 Å². The summed E-state index contributed by atoms with van der Waals surface area (Å²) in [6, 6.07) is 3.84. The molecule has 1 saturated carbocycles. The number of fused-ring (bicyclic) bond motifs is 1. The van der Waals surface area contributed by atoms with Crippen molar-refractivity contribution in [1.82, 2.24) is 15.2 Å². The molecular weight excluding hydrogens is 445 g/mol. The molecule has 176 valence electrons. The molecule has 1 aliphatic carbocycles. The summed E-state index contributed by atoms with van der Waals surface area (Å²) in [6.45, 7) is 2.78. The fourth-order valence-corrected chi connectivity index (χ4v) is 6.40. The Hall–Kier alpha value is -2.36. The molecule has 2 aliphatic heterocycles. The van der Waals surface area contributed by atoms with E-state index in [9.17, 15) is 19.1 Å². The number of carbonyl (C=O) groups is 2. The Kier molecular flexibility index (Phi) is 6.20. The third kappa shape index (κ3) is 4.29. The maximum atomic E-state index is 13.7. The maximum Gasteiger partial charge on any atom is 0.262 e. The van der Waals surface area contributed by atoms with Crippen LogP contribution in [0.5, 0.6) is 0 Å². The number of halogens is 1. The van der Waals surface area contributed by atoms with Crippen LogP contribution in [0.4, 0.5) is 4.39 Å². The predicted octanol–water partition coefficient (Wildman–Crippen LogP) is 2.84. The third-order valence-corrected chi connectivity index (χ3v) is 8.25. The number of amides is 2. The lowest BCUT2D eigenvalue weighted by Crippen LogP contribution is -2.55. The van der Waals surface area contributed by atoms with Crippen LogP contribution in [0.1, 0.15) is 42.3 Å². The number of likely N-dealkylation sites (tertiary alicyclic amines) is 1. The molecule has 5 atom stereocenters. The summed E-state index contributed by atoms with van der Waals surface area (Å²) < 4.78 is 19.3. The van der Waals surface area contributed by atoms with Gasteiger partial charge in [0.15, 0.2) is 0 Å². The number of aliphatic hydroxyl groups excluding tert-OH is 1. The van der Waals surface area contributed by atoms with Crippen molar-refractivity contribution in [2.24, 2.45) is 11.8 Å². The van der Waals surface area contributed by atoms with Gasteiger partial charge in [0, 0.05) is 29.1 Å². The van der Waals surface area contributed by atoms with Crippen LogP contribution in [-0.4, -0.2) is 64.2 Å². The van der Waals surface area contributed by atoms with Gasteiger partial charge in [0.1, 0.15) is 18.0 Å². The molecule has 4 heterocycles. The van der Waals surface area contributed by atoms with E-state index in [2.05, 4.69) is 10.3 Å². The molecule has 0 aromatic carbocycles. The van der Waals surface area contributed by atoms with E-state index < -0.39 is 18.0 Å². The Labute approximate surface area is 196 Å². The number of nitrogens with one attached hydrogen (secondary N) is 1. The smallest absolute Gasteiger partial charge is 0.262 e. The van der Waals surface area contributed by atoms with Crippen LogP contribution < -0.4 is 5.32 Å². The zero-order chi connectivity index (χ0) is 23.1. The van der Waals surface area contributed by atoms with Crippen molar-refractivity contribution >= 4 is 23.2 Å². The van der Waals surface area contributed by atoms with Crippen LogP contribution in [0.3, 0.4) is 0 Å². The average Bonchev–Trinajstić information content (AvgIpc) is 3.59. The van der Waals surface area contributed by atoms with E-state index in [0.717, 1.165) is 36.8 Å². The zero-order valence-electron chi connectivity index (χ0n) is 18.4. The van der Waals surface area contributed by atoms with E-state index in [0.29, 0.717) is 17.0 Å². The Bertz CT molecular complexity index is 1040. The lowest BCUT2D eigenvalue weighted by atomic mass is 9.96. The number of hydrogen-bond acceptors (Lipinski definition) is 6. The zero-order valence-corrected chi connectivity index (χ0v) is 19.3. The first kappa shape index (κ1) is 22.4. The summed E-state index contributed by atoms with van der Waals surface area (Å²) in [4.78, 5) is 33.7. The highest BCUT2D eigenvalue weighted by molar-refractivity contribution is 7.17. The van der Waals surface area contributed by atoms with Crippen molar-refractivity contribution in [1.29, 1.82) is 0 Å². The van der Waals surface area contributed by atoms with Gasteiger partial charge in [0.25, 0.3) is 5.91 Å². The standard InChI is InChI=1S/C24H28FN3O4S/c1-13-11-28(21-17(29)12-32-22(13)21)24(31)20(14-4-2-3-5-14)27-23(30)19-7-6-18(33-19)15-8-16(25)10-26-9-15/h6-10,13-14,17,20-22,29H,2-5,11-12H2,1H3,(H,27,30). The van der Waals surface area contributed by atoms with E-state index in [1.807, 2.05) is 6.92 Å². The first-order valence-electron chi connectivity index (χ1n) is 11.5. The van der Waals surface area contributed by atoms with Gasteiger partial charge in [-0.3, -0.25) is 14.6 Å². The van der Waals surface area contributed by atoms with Gasteiger partial charge in [-0.1, -0.05) is 19.8 Å². The van der Waals surface area contributed by atoms with Crippen molar-refractivity contribution in [2.75, 3.05) is 13.2 Å². The van der Waals surface area contributed by atoms with Crippen LogP contribution in [-0.2, 0) is 9.53 Å². The molecule has 3 fully saturated rings. The first-order chi connectivity index (χ1) is 15.9. The molecule has 0 bridgehead atoms. The highest BCUT2D eigenvalue weighted by Crippen LogP contribution is 2.36. The molecule has 7 nitrogen and oxygen atoms in total. The van der Waals surface area contributed by atoms with Gasteiger partial charge in [-0.05, 0) is 37.0 Å². The minimum absolute atomic E-state index is 0.0714. The summed E-state index contributed by atoms with van der Waals surface area (Å²) in [7, 11) is 0. The minimum Gasteiger partial charge on any atom is -0.388 e. The first-order valence-corrected chi connectivity index (χ1v) is 12.4. The predicted molar refractivity (Wildman–Crippen MR) is 121 cm³/mol. The van der Waals surface area contributed by atoms with Crippen LogP contribution >= 0.6 is 11.3 Å². The SMILES string of the molecule is CC1CN(C(=O)C(NC(=O)c2ccc(-c3cncc(F)c3)s2)C2CCCC2)C2C(O)COC12. The van der Waals surface area contributed by atoms with Crippen molar-refractivity contribution in [3.63, 3.8) is 0 Å². The maximum absolute atomic E-state index is 13.7. The minimum atomic E-state index is -0.705. The number of aromatic nitrogens is 1. The lowest BCUT2D eigenvalue weighted by molar-refractivity contribution is -0.137. The van der Waals surface area contributed by atoms with E-state index in [1.54, 1.807) is 23.2 Å². The molecule has 9 heteroatoms. The van der Waals surface area contributed by atoms with Gasteiger partial charge < -0.3 is 20.1 Å². The van der Waals surface area contributed by atoms with E-state index >= 15 is 0 Å².